The van der Waals surface area contributed by atoms with Gasteiger partial charge in [-0.05, 0) is 63.2 Å². The molecule has 0 radical (unpaired) electrons. The quantitative estimate of drug-likeness (QED) is 0.0169. The zero-order valence-corrected chi connectivity index (χ0v) is 65.4. The van der Waals surface area contributed by atoms with Gasteiger partial charge in [-0.25, -0.2) is 9.13 Å². The number of allylic oxidation sites excluding steroid dienone is 4. The van der Waals surface area contributed by atoms with Crippen LogP contribution < -0.4 is 0 Å². The molecule has 0 fully saturated rings. The molecular weight excluding hydrogens is 1280 g/mol. The Morgan fingerprint density at radius 1 is 0.337 bits per heavy atom. The molecule has 0 aliphatic heterocycles. The average Bonchev–Trinajstić information content (AvgIpc) is 1.07. The second kappa shape index (κ2) is 70.2. The van der Waals surface area contributed by atoms with Crippen molar-refractivity contribution in [2.75, 3.05) is 39.6 Å². The molecule has 98 heavy (non-hydrogen) atoms. The van der Waals surface area contributed by atoms with Gasteiger partial charge in [0.2, 0.25) is 0 Å². The van der Waals surface area contributed by atoms with Gasteiger partial charge in [-0.1, -0.05) is 336 Å². The fourth-order valence-electron chi connectivity index (χ4n) is 11.6. The van der Waals surface area contributed by atoms with Gasteiger partial charge in [0, 0.05) is 25.7 Å². The van der Waals surface area contributed by atoms with Gasteiger partial charge < -0.3 is 33.8 Å². The maximum atomic E-state index is 13.1. The van der Waals surface area contributed by atoms with Crippen LogP contribution in [0.1, 0.15) is 388 Å². The number of unbranched alkanes of at least 4 members (excludes halogenated alkanes) is 42. The molecule has 6 atom stereocenters. The Kier molecular flexibility index (Phi) is 68.5. The summed E-state index contributed by atoms with van der Waals surface area (Å²) in [5.41, 5.74) is 0. The average molecular weight is 1430 g/mol. The lowest BCUT2D eigenvalue weighted by Gasteiger charge is -2.21. The summed E-state index contributed by atoms with van der Waals surface area (Å²) in [5, 5.41) is 10.6. The van der Waals surface area contributed by atoms with Gasteiger partial charge in [-0.3, -0.25) is 37.3 Å². The first-order valence-electron chi connectivity index (χ1n) is 40.3. The Hall–Kier alpha value is -2.46. The molecule has 0 spiro atoms. The van der Waals surface area contributed by atoms with Gasteiger partial charge >= 0.3 is 39.5 Å². The summed E-state index contributed by atoms with van der Waals surface area (Å²) < 4.78 is 68.5. The zero-order valence-electron chi connectivity index (χ0n) is 63.6. The van der Waals surface area contributed by atoms with Crippen molar-refractivity contribution in [2.24, 2.45) is 11.8 Å². The molecule has 17 nitrogen and oxygen atoms in total. The summed E-state index contributed by atoms with van der Waals surface area (Å²) in [6.45, 7) is 9.57. The van der Waals surface area contributed by atoms with Crippen LogP contribution in [-0.4, -0.2) is 96.7 Å². The van der Waals surface area contributed by atoms with E-state index in [0.717, 1.165) is 121 Å². The van der Waals surface area contributed by atoms with Crippen LogP contribution in [0.4, 0.5) is 0 Å². The van der Waals surface area contributed by atoms with Crippen molar-refractivity contribution >= 4 is 39.5 Å². The topological polar surface area (TPSA) is 237 Å². The third-order valence-corrected chi connectivity index (χ3v) is 20.1. The normalized spacial score (nSPS) is 14.4. The van der Waals surface area contributed by atoms with E-state index in [9.17, 15) is 43.2 Å². The highest BCUT2D eigenvalue weighted by atomic mass is 31.2. The van der Waals surface area contributed by atoms with Crippen molar-refractivity contribution in [3.05, 3.63) is 24.3 Å². The highest BCUT2D eigenvalue weighted by molar-refractivity contribution is 7.47. The van der Waals surface area contributed by atoms with Gasteiger partial charge in [0.25, 0.3) is 0 Å². The van der Waals surface area contributed by atoms with Crippen molar-refractivity contribution in [2.45, 2.75) is 407 Å². The molecule has 0 saturated carbocycles. The number of carbonyl (C=O) groups is 4. The van der Waals surface area contributed by atoms with Gasteiger partial charge in [0.15, 0.2) is 12.2 Å². The molecule has 3 N–H and O–H groups in total. The number of aliphatic hydroxyl groups excluding tert-OH is 1. The van der Waals surface area contributed by atoms with Crippen LogP contribution >= 0.6 is 15.6 Å². The van der Waals surface area contributed by atoms with E-state index in [2.05, 4.69) is 65.8 Å². The zero-order chi connectivity index (χ0) is 72.1. The molecule has 0 aromatic heterocycles. The van der Waals surface area contributed by atoms with Crippen LogP contribution in [0.5, 0.6) is 0 Å². The van der Waals surface area contributed by atoms with Crippen LogP contribution in [0.2, 0.25) is 0 Å². The molecule has 0 heterocycles. The van der Waals surface area contributed by atoms with E-state index in [0.29, 0.717) is 25.7 Å². The molecule has 0 aromatic rings. The number of phosphoric acid groups is 2. The maximum Gasteiger partial charge on any atom is 0.472 e. The lowest BCUT2D eigenvalue weighted by molar-refractivity contribution is -0.161. The van der Waals surface area contributed by atoms with Crippen molar-refractivity contribution in [1.82, 2.24) is 0 Å². The van der Waals surface area contributed by atoms with E-state index in [4.69, 9.17) is 37.0 Å². The van der Waals surface area contributed by atoms with E-state index in [1.54, 1.807) is 0 Å². The second-order valence-electron chi connectivity index (χ2n) is 28.5. The van der Waals surface area contributed by atoms with Crippen LogP contribution in [0.3, 0.4) is 0 Å². The summed E-state index contributed by atoms with van der Waals surface area (Å²) in [6.07, 6.45) is 61.8. The van der Waals surface area contributed by atoms with Crippen molar-refractivity contribution < 1.29 is 80.2 Å². The van der Waals surface area contributed by atoms with Crippen LogP contribution in [0, 0.1) is 11.8 Å². The number of carbonyl (C=O) groups excluding carboxylic acids is 4. The number of esters is 4. The molecule has 0 saturated heterocycles. The number of phosphoric ester groups is 2. The van der Waals surface area contributed by atoms with Gasteiger partial charge in [0.1, 0.15) is 19.3 Å². The Balaban J connectivity index is 5.25. The maximum absolute atomic E-state index is 13.1. The van der Waals surface area contributed by atoms with Crippen LogP contribution in [0.15, 0.2) is 24.3 Å². The van der Waals surface area contributed by atoms with E-state index >= 15 is 0 Å². The first-order chi connectivity index (χ1) is 47.4. The van der Waals surface area contributed by atoms with E-state index < -0.39 is 97.5 Å². The molecule has 0 bridgehead atoms. The smallest absolute Gasteiger partial charge is 0.462 e. The molecule has 0 aromatic carbocycles. The summed E-state index contributed by atoms with van der Waals surface area (Å²) in [5.74, 6) is -0.557. The van der Waals surface area contributed by atoms with Crippen molar-refractivity contribution in [3.63, 3.8) is 0 Å². The predicted molar refractivity (Wildman–Crippen MR) is 400 cm³/mol. The molecule has 578 valence electrons. The number of aliphatic hydroxyl groups is 1. The largest absolute Gasteiger partial charge is 0.472 e. The minimum absolute atomic E-state index is 0.101. The summed E-state index contributed by atoms with van der Waals surface area (Å²) >= 11 is 0. The summed E-state index contributed by atoms with van der Waals surface area (Å²) in [7, 11) is -9.93. The van der Waals surface area contributed by atoms with Crippen LogP contribution in [-0.2, 0) is 65.4 Å². The van der Waals surface area contributed by atoms with Crippen LogP contribution in [0.25, 0.3) is 0 Å². The van der Waals surface area contributed by atoms with Crippen molar-refractivity contribution in [3.8, 4) is 0 Å². The highest BCUT2D eigenvalue weighted by Crippen LogP contribution is 2.45. The third-order valence-electron chi connectivity index (χ3n) is 18.2. The van der Waals surface area contributed by atoms with E-state index in [1.165, 1.54) is 186 Å². The number of ether oxygens (including phenoxy) is 4. The highest BCUT2D eigenvalue weighted by Gasteiger charge is 2.30. The Labute approximate surface area is 599 Å². The fraction of sp³-hybridized carbons (Fsp3) is 0.899. The number of rotatable bonds is 76. The van der Waals surface area contributed by atoms with Crippen molar-refractivity contribution in [1.29, 1.82) is 0 Å². The van der Waals surface area contributed by atoms with Gasteiger partial charge in [0.05, 0.1) is 26.4 Å². The first-order valence-corrected chi connectivity index (χ1v) is 43.3. The Morgan fingerprint density at radius 3 is 0.918 bits per heavy atom. The minimum Gasteiger partial charge on any atom is -0.462 e. The first kappa shape index (κ1) is 95.5. The summed E-state index contributed by atoms with van der Waals surface area (Å²) in [4.78, 5) is 72.9. The van der Waals surface area contributed by atoms with E-state index in [1.807, 2.05) is 0 Å². The Morgan fingerprint density at radius 2 is 0.602 bits per heavy atom. The predicted octanol–water partition coefficient (Wildman–Crippen LogP) is 23.1. The number of hydrogen-bond donors (Lipinski definition) is 3. The lowest BCUT2D eigenvalue weighted by Crippen LogP contribution is -2.30. The second-order valence-corrected chi connectivity index (χ2v) is 31.4. The molecule has 0 aliphatic rings. The molecule has 0 aliphatic carbocycles. The lowest BCUT2D eigenvalue weighted by atomic mass is 9.99. The molecule has 19 heteroatoms. The standard InChI is InChI=1S/C79H150O17P2/c1-7-10-12-14-16-18-20-21-26-30-33-37-44-50-56-62-77(82)90-67-74(95-78(83)63-57-51-45-38-34-31-28-25-23-22-24-27-29-32-35-41-47-53-59-71(4)5)69-93-97(85,86)91-65-73(80)66-92-98(87,88)94-70-75(68-89-76(81)61-55-49-43-36-19-17-15-13-11-8-2)96-79(84)64-58-52-46-40-39-42-48-54-60-72(6)9-3/h18,20-21,26,71-75,80H,7-17,19,22-25,27-70H2,1-6H3,(H,85,86)(H,87,88)/b20-18-,26-21-/t72?,73-,74-,75-/m1/s1. The minimum atomic E-state index is -4.97. The number of hydrogen-bond acceptors (Lipinski definition) is 15. The van der Waals surface area contributed by atoms with Gasteiger partial charge in [-0.2, -0.15) is 0 Å². The van der Waals surface area contributed by atoms with Gasteiger partial charge in [-0.15, -0.1) is 0 Å². The Bertz CT molecular complexity index is 1990. The SMILES string of the molecule is CCCCCC/C=C\C=C/CCCCCCCC(=O)OC[C@H](COP(=O)(O)OC[C@@H](O)COP(=O)(O)OC[C@@H](COC(=O)CCCCCCCCCCCC)OC(=O)CCCCCCCCCCC(C)CC)OC(=O)CCCCCCCCCCCCCCCCCCCCC(C)C. The third kappa shape index (κ3) is 70.6. The molecule has 3 unspecified atom stereocenters. The fourth-order valence-corrected chi connectivity index (χ4v) is 13.2. The summed E-state index contributed by atoms with van der Waals surface area (Å²) in [6, 6.07) is 0. The molecule has 0 amide bonds. The monoisotopic (exact) mass is 1430 g/mol. The van der Waals surface area contributed by atoms with E-state index in [-0.39, 0.29) is 25.7 Å². The molecule has 0 rings (SSSR count). The molecular formula is C79H150O17P2.